The summed E-state index contributed by atoms with van der Waals surface area (Å²) in [6, 6.07) is 1.76. The molecule has 1 saturated carbocycles. The van der Waals surface area contributed by atoms with Gasteiger partial charge in [0, 0.05) is 6.04 Å². The fourth-order valence-electron chi connectivity index (χ4n) is 2.58. The van der Waals surface area contributed by atoms with Crippen LogP contribution < -0.4 is 5.32 Å². The molecule has 0 spiro atoms. The van der Waals surface area contributed by atoms with Crippen LogP contribution in [0.2, 0.25) is 0 Å². The number of carbonyl (C=O) groups excluding carboxylic acids is 1. The quantitative estimate of drug-likeness (QED) is 0.776. The molecule has 1 rings (SSSR count). The van der Waals surface area contributed by atoms with Gasteiger partial charge in [0.25, 0.3) is 0 Å². The third-order valence-electron chi connectivity index (χ3n) is 3.68. The first-order chi connectivity index (χ1) is 8.49. The van der Waals surface area contributed by atoms with Gasteiger partial charge in [-0.1, -0.05) is 13.3 Å². The van der Waals surface area contributed by atoms with Crippen molar-refractivity contribution in [3.05, 3.63) is 0 Å². The lowest BCUT2D eigenvalue weighted by Crippen LogP contribution is -2.39. The summed E-state index contributed by atoms with van der Waals surface area (Å²) >= 11 is 0. The van der Waals surface area contributed by atoms with Gasteiger partial charge in [-0.25, -0.2) is 0 Å². The van der Waals surface area contributed by atoms with Gasteiger partial charge in [0.1, 0.15) is 0 Å². The van der Waals surface area contributed by atoms with Gasteiger partial charge in [-0.2, -0.15) is 5.26 Å². The Labute approximate surface area is 107 Å². The van der Waals surface area contributed by atoms with Gasteiger partial charge in [-0.3, -0.25) is 9.59 Å². The number of nitriles is 1. The van der Waals surface area contributed by atoms with Crippen molar-refractivity contribution in [1.29, 1.82) is 5.26 Å². The van der Waals surface area contributed by atoms with Crippen LogP contribution in [0, 0.1) is 29.1 Å². The van der Waals surface area contributed by atoms with E-state index in [1.165, 1.54) is 0 Å². The van der Waals surface area contributed by atoms with Crippen LogP contribution in [0.4, 0.5) is 0 Å². The van der Waals surface area contributed by atoms with E-state index < -0.39 is 17.8 Å². The molecule has 0 bridgehead atoms. The molecule has 5 heteroatoms. The molecule has 2 N–H and O–H groups in total. The minimum atomic E-state index is -0.890. The number of carboxylic acids is 1. The second-order valence-electron chi connectivity index (χ2n) is 5.07. The Kier molecular flexibility index (Phi) is 5.14. The molecule has 1 fully saturated rings. The van der Waals surface area contributed by atoms with E-state index in [0.717, 1.165) is 6.42 Å². The van der Waals surface area contributed by atoms with Crippen molar-refractivity contribution in [2.45, 2.75) is 45.6 Å². The van der Waals surface area contributed by atoms with Gasteiger partial charge in [0.2, 0.25) is 5.91 Å². The van der Waals surface area contributed by atoms with Crippen molar-refractivity contribution >= 4 is 11.9 Å². The van der Waals surface area contributed by atoms with Crippen LogP contribution in [0.5, 0.6) is 0 Å². The molecule has 0 saturated heterocycles. The van der Waals surface area contributed by atoms with Crippen LogP contribution in [-0.2, 0) is 9.59 Å². The van der Waals surface area contributed by atoms with Gasteiger partial charge in [-0.15, -0.1) is 0 Å². The predicted octanol–water partition coefficient (Wildman–Crippen LogP) is 1.54. The number of hydrogen-bond acceptors (Lipinski definition) is 3. The molecular formula is C13H20N2O3. The average molecular weight is 252 g/mol. The molecule has 1 aliphatic rings. The van der Waals surface area contributed by atoms with Crippen molar-refractivity contribution in [2.75, 3.05) is 0 Å². The Hall–Kier alpha value is -1.57. The Balaban J connectivity index is 2.65. The van der Waals surface area contributed by atoms with Crippen molar-refractivity contribution in [1.82, 2.24) is 5.32 Å². The standard InChI is InChI=1S/C13H20N2O3/c1-3-9-6-10(11(7-9)13(17)18)12(16)15-8(2)4-5-14/h8-11H,3-4,6-7H2,1-2H3,(H,15,16)(H,17,18)/t8?,9?,10-,11+/m0/s1. The number of hydrogen-bond donors (Lipinski definition) is 2. The summed E-state index contributed by atoms with van der Waals surface area (Å²) < 4.78 is 0. The Bertz CT molecular complexity index is 362. The monoisotopic (exact) mass is 252 g/mol. The van der Waals surface area contributed by atoms with Crippen molar-refractivity contribution in [3.63, 3.8) is 0 Å². The third-order valence-corrected chi connectivity index (χ3v) is 3.68. The van der Waals surface area contributed by atoms with E-state index >= 15 is 0 Å². The summed E-state index contributed by atoms with van der Waals surface area (Å²) in [5.41, 5.74) is 0. The Morgan fingerprint density at radius 1 is 1.44 bits per heavy atom. The van der Waals surface area contributed by atoms with Crippen molar-refractivity contribution in [3.8, 4) is 6.07 Å². The van der Waals surface area contributed by atoms with E-state index in [9.17, 15) is 9.59 Å². The second-order valence-corrected chi connectivity index (χ2v) is 5.07. The van der Waals surface area contributed by atoms with Crippen LogP contribution in [-0.4, -0.2) is 23.0 Å². The number of carbonyl (C=O) groups is 2. The van der Waals surface area contributed by atoms with Gasteiger partial charge in [-0.05, 0) is 25.7 Å². The smallest absolute Gasteiger partial charge is 0.307 e. The van der Waals surface area contributed by atoms with Crippen LogP contribution in [0.3, 0.4) is 0 Å². The largest absolute Gasteiger partial charge is 0.481 e. The SMILES string of the molecule is CCC1C[C@H](C(=O)NC(C)CC#N)[C@H](C(=O)O)C1. The molecule has 4 atom stereocenters. The lowest BCUT2D eigenvalue weighted by Gasteiger charge is -2.18. The maximum Gasteiger partial charge on any atom is 0.307 e. The number of aliphatic carboxylic acids is 1. The first kappa shape index (κ1) is 14.5. The normalized spacial score (nSPS) is 28.4. The van der Waals surface area contributed by atoms with E-state index in [2.05, 4.69) is 5.32 Å². The number of nitrogens with zero attached hydrogens (tertiary/aromatic N) is 1. The molecule has 0 aromatic rings. The van der Waals surface area contributed by atoms with E-state index in [0.29, 0.717) is 18.8 Å². The zero-order valence-electron chi connectivity index (χ0n) is 10.8. The first-order valence-corrected chi connectivity index (χ1v) is 6.39. The van der Waals surface area contributed by atoms with Gasteiger partial charge < -0.3 is 10.4 Å². The highest BCUT2D eigenvalue weighted by molar-refractivity contribution is 5.85. The molecular weight excluding hydrogens is 232 g/mol. The summed E-state index contributed by atoms with van der Waals surface area (Å²) in [6.07, 6.45) is 2.36. The Morgan fingerprint density at radius 2 is 2.06 bits per heavy atom. The highest BCUT2D eigenvalue weighted by Gasteiger charge is 2.42. The van der Waals surface area contributed by atoms with E-state index in [1.54, 1.807) is 6.92 Å². The summed E-state index contributed by atoms with van der Waals surface area (Å²) in [6.45, 7) is 3.77. The maximum absolute atomic E-state index is 12.0. The minimum Gasteiger partial charge on any atom is -0.481 e. The lowest BCUT2D eigenvalue weighted by molar-refractivity contribution is -0.146. The van der Waals surface area contributed by atoms with Crippen molar-refractivity contribution < 1.29 is 14.7 Å². The number of rotatable bonds is 5. The third kappa shape index (κ3) is 3.46. The van der Waals surface area contributed by atoms with Crippen LogP contribution in [0.15, 0.2) is 0 Å². The summed E-state index contributed by atoms with van der Waals surface area (Å²) in [4.78, 5) is 23.2. The first-order valence-electron chi connectivity index (χ1n) is 6.39. The number of nitrogens with one attached hydrogen (secondary N) is 1. The average Bonchev–Trinajstić information content (AvgIpc) is 2.73. The fourth-order valence-corrected chi connectivity index (χ4v) is 2.58. The molecule has 0 aliphatic heterocycles. The van der Waals surface area contributed by atoms with E-state index in [1.807, 2.05) is 13.0 Å². The van der Waals surface area contributed by atoms with Crippen LogP contribution in [0.1, 0.15) is 39.5 Å². The summed E-state index contributed by atoms with van der Waals surface area (Å²) in [5, 5.41) is 20.4. The van der Waals surface area contributed by atoms with Crippen LogP contribution in [0.25, 0.3) is 0 Å². The molecule has 0 aromatic carbocycles. The Morgan fingerprint density at radius 3 is 2.56 bits per heavy atom. The lowest BCUT2D eigenvalue weighted by atomic mass is 9.95. The molecule has 100 valence electrons. The zero-order chi connectivity index (χ0) is 13.7. The number of amides is 1. The molecule has 18 heavy (non-hydrogen) atoms. The molecule has 0 aromatic heterocycles. The molecule has 1 aliphatic carbocycles. The molecule has 2 unspecified atom stereocenters. The van der Waals surface area contributed by atoms with Gasteiger partial charge in [0.15, 0.2) is 0 Å². The van der Waals surface area contributed by atoms with E-state index in [4.69, 9.17) is 10.4 Å². The molecule has 0 heterocycles. The zero-order valence-corrected chi connectivity index (χ0v) is 10.8. The molecule has 0 radical (unpaired) electrons. The predicted molar refractivity (Wildman–Crippen MR) is 65.5 cm³/mol. The van der Waals surface area contributed by atoms with E-state index in [-0.39, 0.29) is 18.4 Å². The van der Waals surface area contributed by atoms with Gasteiger partial charge in [0.05, 0.1) is 24.3 Å². The second kappa shape index (κ2) is 6.39. The molecule has 1 amide bonds. The minimum absolute atomic E-state index is 0.221. The summed E-state index contributed by atoms with van der Waals surface area (Å²) in [5.74, 6) is -1.83. The van der Waals surface area contributed by atoms with Crippen molar-refractivity contribution in [2.24, 2.45) is 17.8 Å². The number of carboxylic acid groups (broad SMARTS) is 1. The summed E-state index contributed by atoms with van der Waals surface area (Å²) in [7, 11) is 0. The van der Waals surface area contributed by atoms with Crippen LogP contribution >= 0.6 is 0 Å². The molecule has 5 nitrogen and oxygen atoms in total. The highest BCUT2D eigenvalue weighted by atomic mass is 16.4. The highest BCUT2D eigenvalue weighted by Crippen LogP contribution is 2.38. The topological polar surface area (TPSA) is 90.2 Å². The maximum atomic E-state index is 12.0. The van der Waals surface area contributed by atoms with Gasteiger partial charge >= 0.3 is 5.97 Å². The fraction of sp³-hybridized carbons (Fsp3) is 0.769.